The van der Waals surface area contributed by atoms with Gasteiger partial charge in [0.15, 0.2) is 0 Å². The number of carbonyl (C=O) groups is 1. The summed E-state index contributed by atoms with van der Waals surface area (Å²) >= 11 is 0. The Balaban J connectivity index is 2.22. The summed E-state index contributed by atoms with van der Waals surface area (Å²) in [5, 5.41) is 18.2. The fourth-order valence-electron chi connectivity index (χ4n) is 2.84. The van der Waals surface area contributed by atoms with Crippen LogP contribution in [0.3, 0.4) is 0 Å². The predicted octanol–water partition coefficient (Wildman–Crippen LogP) is 2.17. The number of fused-ring (bicyclic) bond motifs is 1. The molecule has 1 aromatic carbocycles. The second-order valence-electron chi connectivity index (χ2n) is 5.38. The molecule has 0 aromatic heterocycles. The first-order valence-electron chi connectivity index (χ1n) is 7.26. The molecule has 1 aliphatic rings. The summed E-state index contributed by atoms with van der Waals surface area (Å²) in [6.07, 6.45) is 3.71. The highest BCUT2D eigenvalue weighted by Crippen LogP contribution is 2.38. The van der Waals surface area contributed by atoms with Gasteiger partial charge in [0.05, 0.1) is 0 Å². The number of rotatable bonds is 5. The van der Waals surface area contributed by atoms with Crippen LogP contribution < -0.4 is 4.74 Å². The maximum Gasteiger partial charge on any atom is 0.340 e. The standard InChI is InChI=1S/C16H22O4/c1-11(18)16(19)20-15-9-3-7-13-12(6-4-10-17)5-2-8-14(13)15/h3,7,9,11-12,17-18H,2,4-6,8,10H2,1H3. The monoisotopic (exact) mass is 278 g/mol. The van der Waals surface area contributed by atoms with Crippen molar-refractivity contribution >= 4 is 5.97 Å². The highest BCUT2D eigenvalue weighted by atomic mass is 16.5. The van der Waals surface area contributed by atoms with Gasteiger partial charge in [0.2, 0.25) is 0 Å². The smallest absolute Gasteiger partial charge is 0.340 e. The Morgan fingerprint density at radius 2 is 2.30 bits per heavy atom. The highest BCUT2D eigenvalue weighted by Gasteiger charge is 2.24. The molecule has 2 rings (SSSR count). The van der Waals surface area contributed by atoms with Crippen LogP contribution in [0.5, 0.6) is 5.75 Å². The zero-order chi connectivity index (χ0) is 14.5. The van der Waals surface area contributed by atoms with Crippen LogP contribution >= 0.6 is 0 Å². The van der Waals surface area contributed by atoms with Gasteiger partial charge in [-0.15, -0.1) is 0 Å². The lowest BCUT2D eigenvalue weighted by Gasteiger charge is -2.27. The Kier molecular flexibility index (Phi) is 5.15. The average molecular weight is 278 g/mol. The summed E-state index contributed by atoms with van der Waals surface area (Å²) in [7, 11) is 0. The van der Waals surface area contributed by atoms with E-state index in [2.05, 4.69) is 6.07 Å². The first-order valence-corrected chi connectivity index (χ1v) is 7.26. The number of carbonyl (C=O) groups excluding carboxylic acids is 1. The molecule has 0 spiro atoms. The van der Waals surface area contributed by atoms with E-state index in [1.54, 1.807) is 6.07 Å². The summed E-state index contributed by atoms with van der Waals surface area (Å²) in [6, 6.07) is 5.75. The molecule has 4 nitrogen and oxygen atoms in total. The van der Waals surface area contributed by atoms with Crippen LogP contribution in [0.25, 0.3) is 0 Å². The third-order valence-electron chi connectivity index (χ3n) is 3.85. The molecule has 2 unspecified atom stereocenters. The molecular formula is C16H22O4. The normalized spacial score (nSPS) is 19.2. The minimum absolute atomic E-state index is 0.211. The maximum absolute atomic E-state index is 11.5. The Bertz CT molecular complexity index is 468. The molecule has 0 amide bonds. The van der Waals surface area contributed by atoms with E-state index in [1.165, 1.54) is 12.5 Å². The van der Waals surface area contributed by atoms with E-state index in [-0.39, 0.29) is 6.61 Å². The van der Waals surface area contributed by atoms with Gasteiger partial charge in [-0.25, -0.2) is 4.79 Å². The van der Waals surface area contributed by atoms with Gasteiger partial charge in [-0.05, 0) is 62.1 Å². The zero-order valence-corrected chi connectivity index (χ0v) is 11.8. The van der Waals surface area contributed by atoms with Crippen molar-refractivity contribution in [1.29, 1.82) is 0 Å². The molecule has 20 heavy (non-hydrogen) atoms. The molecule has 2 atom stereocenters. The van der Waals surface area contributed by atoms with Gasteiger partial charge in [-0.1, -0.05) is 12.1 Å². The van der Waals surface area contributed by atoms with E-state index in [0.717, 1.165) is 37.7 Å². The second kappa shape index (κ2) is 6.86. The van der Waals surface area contributed by atoms with Gasteiger partial charge >= 0.3 is 5.97 Å². The van der Waals surface area contributed by atoms with Crippen LogP contribution in [-0.2, 0) is 11.2 Å². The number of aliphatic hydroxyl groups is 2. The lowest BCUT2D eigenvalue weighted by atomic mass is 9.80. The highest BCUT2D eigenvalue weighted by molar-refractivity contribution is 5.77. The van der Waals surface area contributed by atoms with Crippen molar-refractivity contribution in [2.75, 3.05) is 6.61 Å². The number of benzene rings is 1. The van der Waals surface area contributed by atoms with E-state index in [4.69, 9.17) is 9.84 Å². The van der Waals surface area contributed by atoms with Crippen LogP contribution in [-0.4, -0.2) is 28.9 Å². The molecule has 110 valence electrons. The molecule has 0 heterocycles. The van der Waals surface area contributed by atoms with E-state index < -0.39 is 12.1 Å². The molecular weight excluding hydrogens is 256 g/mol. The largest absolute Gasteiger partial charge is 0.424 e. The van der Waals surface area contributed by atoms with E-state index >= 15 is 0 Å². The Morgan fingerprint density at radius 1 is 1.50 bits per heavy atom. The third-order valence-corrected chi connectivity index (χ3v) is 3.85. The summed E-state index contributed by atoms with van der Waals surface area (Å²) in [6.45, 7) is 1.62. The molecule has 0 saturated carbocycles. The van der Waals surface area contributed by atoms with E-state index in [9.17, 15) is 9.90 Å². The van der Waals surface area contributed by atoms with Crippen molar-refractivity contribution in [2.24, 2.45) is 0 Å². The number of hydrogen-bond acceptors (Lipinski definition) is 4. The number of aliphatic hydroxyl groups excluding tert-OH is 2. The molecule has 0 aliphatic heterocycles. The Morgan fingerprint density at radius 3 is 3.00 bits per heavy atom. The summed E-state index contributed by atoms with van der Waals surface area (Å²) < 4.78 is 5.29. The van der Waals surface area contributed by atoms with Crippen molar-refractivity contribution in [3.63, 3.8) is 0 Å². The van der Waals surface area contributed by atoms with Crippen LogP contribution in [0.15, 0.2) is 18.2 Å². The third kappa shape index (κ3) is 3.38. The molecule has 4 heteroatoms. The van der Waals surface area contributed by atoms with Gasteiger partial charge in [-0.2, -0.15) is 0 Å². The van der Waals surface area contributed by atoms with Gasteiger partial charge in [-0.3, -0.25) is 0 Å². The minimum atomic E-state index is -1.11. The molecule has 0 saturated heterocycles. The maximum atomic E-state index is 11.5. The van der Waals surface area contributed by atoms with Gasteiger partial charge in [0.25, 0.3) is 0 Å². The van der Waals surface area contributed by atoms with Gasteiger partial charge in [0.1, 0.15) is 11.9 Å². The van der Waals surface area contributed by atoms with Crippen molar-refractivity contribution in [3.8, 4) is 5.75 Å². The second-order valence-corrected chi connectivity index (χ2v) is 5.38. The first kappa shape index (κ1) is 15.0. The van der Waals surface area contributed by atoms with Crippen LogP contribution in [0.2, 0.25) is 0 Å². The topological polar surface area (TPSA) is 66.8 Å². The van der Waals surface area contributed by atoms with Crippen molar-refractivity contribution < 1.29 is 19.7 Å². The molecule has 0 fully saturated rings. The lowest BCUT2D eigenvalue weighted by molar-refractivity contribution is -0.142. The number of hydrogen-bond donors (Lipinski definition) is 2. The Hall–Kier alpha value is -1.39. The zero-order valence-electron chi connectivity index (χ0n) is 11.8. The molecule has 0 radical (unpaired) electrons. The number of ether oxygens (including phenoxy) is 1. The summed E-state index contributed by atoms with van der Waals surface area (Å²) in [5.41, 5.74) is 2.30. The molecule has 1 aromatic rings. The van der Waals surface area contributed by atoms with Gasteiger partial charge in [0, 0.05) is 6.61 Å². The quantitative estimate of drug-likeness (QED) is 0.640. The fraction of sp³-hybridized carbons (Fsp3) is 0.562. The van der Waals surface area contributed by atoms with Crippen molar-refractivity contribution in [3.05, 3.63) is 29.3 Å². The lowest BCUT2D eigenvalue weighted by Crippen LogP contribution is -2.23. The van der Waals surface area contributed by atoms with Gasteiger partial charge < -0.3 is 14.9 Å². The van der Waals surface area contributed by atoms with Crippen molar-refractivity contribution in [2.45, 2.75) is 51.0 Å². The van der Waals surface area contributed by atoms with Crippen LogP contribution in [0.1, 0.15) is 49.7 Å². The molecule has 0 bridgehead atoms. The summed E-state index contributed by atoms with van der Waals surface area (Å²) in [4.78, 5) is 11.5. The molecule has 1 aliphatic carbocycles. The molecule has 2 N–H and O–H groups in total. The van der Waals surface area contributed by atoms with Crippen LogP contribution in [0, 0.1) is 0 Å². The first-order chi connectivity index (χ1) is 9.63. The predicted molar refractivity (Wildman–Crippen MR) is 75.8 cm³/mol. The average Bonchev–Trinajstić information content (AvgIpc) is 2.45. The number of esters is 1. The van der Waals surface area contributed by atoms with Crippen molar-refractivity contribution in [1.82, 2.24) is 0 Å². The van der Waals surface area contributed by atoms with E-state index in [1.807, 2.05) is 6.07 Å². The SMILES string of the molecule is CC(O)C(=O)Oc1cccc2c1CCCC2CCCO. The minimum Gasteiger partial charge on any atom is -0.424 e. The Labute approximate surface area is 119 Å². The summed E-state index contributed by atoms with van der Waals surface area (Å²) in [5.74, 6) is 0.383. The fourth-order valence-corrected chi connectivity index (χ4v) is 2.84. The van der Waals surface area contributed by atoms with Crippen LogP contribution in [0.4, 0.5) is 0 Å². The van der Waals surface area contributed by atoms with E-state index in [0.29, 0.717) is 11.7 Å².